The Labute approximate surface area is 124 Å². The van der Waals surface area contributed by atoms with Crippen LogP contribution >= 0.6 is 23.2 Å². The lowest BCUT2D eigenvalue weighted by Gasteiger charge is -2.15. The maximum atomic E-state index is 12.8. The monoisotopic (exact) mass is 319 g/mol. The van der Waals surface area contributed by atoms with Crippen molar-refractivity contribution in [3.8, 4) is 0 Å². The maximum absolute atomic E-state index is 12.8. The summed E-state index contributed by atoms with van der Waals surface area (Å²) in [5, 5.41) is 3.55. The SMILES string of the molecule is FC(F)(F)c1ccccc1NCc1c(Cl)cccc1Cl. The lowest BCUT2D eigenvalue weighted by molar-refractivity contribution is -0.136. The molecule has 0 aromatic heterocycles. The minimum atomic E-state index is -4.41. The molecule has 0 fully saturated rings. The zero-order chi connectivity index (χ0) is 14.8. The molecule has 0 aliphatic carbocycles. The van der Waals surface area contributed by atoms with E-state index in [0.29, 0.717) is 15.6 Å². The number of halogens is 5. The third kappa shape index (κ3) is 3.38. The van der Waals surface area contributed by atoms with Gasteiger partial charge in [0.05, 0.1) is 5.56 Å². The smallest absolute Gasteiger partial charge is 0.380 e. The standard InChI is InChI=1S/C14H10Cl2F3N/c15-11-5-3-6-12(16)9(11)8-20-13-7-2-1-4-10(13)14(17,18)19/h1-7,20H,8H2. The van der Waals surface area contributed by atoms with Crippen LogP contribution < -0.4 is 5.32 Å². The second-order valence-electron chi connectivity index (χ2n) is 4.10. The van der Waals surface area contributed by atoms with Gasteiger partial charge in [-0.2, -0.15) is 13.2 Å². The molecule has 6 heteroatoms. The molecule has 2 rings (SSSR count). The van der Waals surface area contributed by atoms with E-state index in [9.17, 15) is 13.2 Å². The molecule has 1 N–H and O–H groups in total. The highest BCUT2D eigenvalue weighted by Crippen LogP contribution is 2.35. The van der Waals surface area contributed by atoms with Gasteiger partial charge in [0, 0.05) is 27.8 Å². The highest BCUT2D eigenvalue weighted by Gasteiger charge is 2.33. The molecule has 0 saturated carbocycles. The van der Waals surface area contributed by atoms with E-state index >= 15 is 0 Å². The van der Waals surface area contributed by atoms with Crippen LogP contribution in [0, 0.1) is 0 Å². The fraction of sp³-hybridized carbons (Fsp3) is 0.143. The third-order valence-electron chi connectivity index (χ3n) is 2.75. The number of anilines is 1. The molecule has 20 heavy (non-hydrogen) atoms. The topological polar surface area (TPSA) is 12.0 Å². The fourth-order valence-corrected chi connectivity index (χ4v) is 2.30. The van der Waals surface area contributed by atoms with Crippen LogP contribution in [0.15, 0.2) is 42.5 Å². The van der Waals surface area contributed by atoms with E-state index in [1.807, 2.05) is 0 Å². The Balaban J connectivity index is 2.24. The Bertz CT molecular complexity index is 591. The number of hydrogen-bond acceptors (Lipinski definition) is 1. The predicted octanol–water partition coefficient (Wildman–Crippen LogP) is 5.62. The number of benzene rings is 2. The first kappa shape index (κ1) is 15.0. The van der Waals surface area contributed by atoms with Crippen molar-refractivity contribution in [3.63, 3.8) is 0 Å². The number of rotatable bonds is 3. The van der Waals surface area contributed by atoms with Gasteiger partial charge in [0.2, 0.25) is 0 Å². The first-order valence-corrected chi connectivity index (χ1v) is 6.48. The highest BCUT2D eigenvalue weighted by atomic mass is 35.5. The van der Waals surface area contributed by atoms with Crippen molar-refractivity contribution in [1.29, 1.82) is 0 Å². The lowest BCUT2D eigenvalue weighted by atomic mass is 10.1. The van der Waals surface area contributed by atoms with Gasteiger partial charge in [-0.15, -0.1) is 0 Å². The van der Waals surface area contributed by atoms with E-state index < -0.39 is 11.7 Å². The predicted molar refractivity (Wildman–Crippen MR) is 75.2 cm³/mol. The summed E-state index contributed by atoms with van der Waals surface area (Å²) < 4.78 is 38.5. The number of para-hydroxylation sites is 1. The Morgan fingerprint density at radius 3 is 2.10 bits per heavy atom. The quantitative estimate of drug-likeness (QED) is 0.773. The summed E-state index contributed by atoms with van der Waals surface area (Å²) in [7, 11) is 0. The maximum Gasteiger partial charge on any atom is 0.418 e. The second-order valence-corrected chi connectivity index (χ2v) is 4.91. The van der Waals surface area contributed by atoms with E-state index in [0.717, 1.165) is 6.07 Å². The average molecular weight is 320 g/mol. The zero-order valence-corrected chi connectivity index (χ0v) is 11.7. The molecule has 2 aromatic rings. The molecule has 0 aliphatic heterocycles. The first-order chi connectivity index (χ1) is 9.39. The molecule has 0 atom stereocenters. The molecular weight excluding hydrogens is 310 g/mol. The molecule has 0 saturated heterocycles. The zero-order valence-electron chi connectivity index (χ0n) is 10.1. The van der Waals surface area contributed by atoms with Gasteiger partial charge in [-0.3, -0.25) is 0 Å². The molecule has 0 spiro atoms. The van der Waals surface area contributed by atoms with E-state index in [-0.39, 0.29) is 12.2 Å². The molecule has 0 heterocycles. The van der Waals surface area contributed by atoms with Gasteiger partial charge in [0.15, 0.2) is 0 Å². The van der Waals surface area contributed by atoms with Crippen molar-refractivity contribution in [3.05, 3.63) is 63.6 Å². The van der Waals surface area contributed by atoms with Crippen molar-refractivity contribution < 1.29 is 13.2 Å². The van der Waals surface area contributed by atoms with Crippen LogP contribution in [-0.2, 0) is 12.7 Å². The minimum absolute atomic E-state index is 0.00372. The van der Waals surface area contributed by atoms with Crippen LogP contribution in [0.2, 0.25) is 10.0 Å². The van der Waals surface area contributed by atoms with Crippen LogP contribution in [0.5, 0.6) is 0 Å². The van der Waals surface area contributed by atoms with Crippen LogP contribution in [0.3, 0.4) is 0 Å². The van der Waals surface area contributed by atoms with Gasteiger partial charge in [0.25, 0.3) is 0 Å². The molecule has 0 unspecified atom stereocenters. The van der Waals surface area contributed by atoms with Crippen molar-refractivity contribution in [2.24, 2.45) is 0 Å². The van der Waals surface area contributed by atoms with Gasteiger partial charge in [-0.1, -0.05) is 41.4 Å². The molecule has 0 aliphatic rings. The Kier molecular flexibility index (Phi) is 4.45. The molecular formula is C14H10Cl2F3N. The number of nitrogens with one attached hydrogen (secondary N) is 1. The molecule has 0 amide bonds. The first-order valence-electron chi connectivity index (χ1n) is 5.72. The van der Waals surface area contributed by atoms with Crippen LogP contribution in [0.25, 0.3) is 0 Å². The van der Waals surface area contributed by atoms with Crippen LogP contribution in [0.4, 0.5) is 18.9 Å². The van der Waals surface area contributed by atoms with Crippen LogP contribution in [-0.4, -0.2) is 0 Å². The van der Waals surface area contributed by atoms with E-state index in [1.165, 1.54) is 18.2 Å². The van der Waals surface area contributed by atoms with E-state index in [4.69, 9.17) is 23.2 Å². The molecule has 0 radical (unpaired) electrons. The minimum Gasteiger partial charge on any atom is -0.380 e. The summed E-state index contributed by atoms with van der Waals surface area (Å²) >= 11 is 12.0. The fourth-order valence-electron chi connectivity index (χ4n) is 1.77. The second kappa shape index (κ2) is 5.94. The van der Waals surface area contributed by atoms with E-state index in [1.54, 1.807) is 18.2 Å². The average Bonchev–Trinajstić information content (AvgIpc) is 2.37. The Morgan fingerprint density at radius 2 is 1.50 bits per heavy atom. The molecule has 106 valence electrons. The summed E-state index contributed by atoms with van der Waals surface area (Å²) in [6.07, 6.45) is -4.41. The summed E-state index contributed by atoms with van der Waals surface area (Å²) in [5.41, 5.74) is -0.160. The summed E-state index contributed by atoms with van der Waals surface area (Å²) in [6.45, 7) is 0.117. The Morgan fingerprint density at radius 1 is 0.900 bits per heavy atom. The summed E-state index contributed by atoms with van der Waals surface area (Å²) in [5.74, 6) is 0. The van der Waals surface area contributed by atoms with Crippen molar-refractivity contribution >= 4 is 28.9 Å². The lowest BCUT2D eigenvalue weighted by Crippen LogP contribution is -2.11. The van der Waals surface area contributed by atoms with E-state index in [2.05, 4.69) is 5.32 Å². The third-order valence-corrected chi connectivity index (χ3v) is 3.46. The van der Waals surface area contributed by atoms with Gasteiger partial charge in [0.1, 0.15) is 0 Å². The molecule has 0 bridgehead atoms. The number of hydrogen-bond donors (Lipinski definition) is 1. The summed E-state index contributed by atoms with van der Waals surface area (Å²) in [6, 6.07) is 10.2. The van der Waals surface area contributed by atoms with Gasteiger partial charge in [-0.05, 0) is 24.3 Å². The Hall–Kier alpha value is -1.39. The normalized spacial score (nSPS) is 11.4. The molecule has 1 nitrogen and oxygen atoms in total. The van der Waals surface area contributed by atoms with Gasteiger partial charge < -0.3 is 5.32 Å². The highest BCUT2D eigenvalue weighted by molar-refractivity contribution is 6.36. The van der Waals surface area contributed by atoms with Crippen molar-refractivity contribution in [1.82, 2.24) is 0 Å². The molecule has 2 aromatic carbocycles. The van der Waals surface area contributed by atoms with Crippen molar-refractivity contribution in [2.45, 2.75) is 12.7 Å². The van der Waals surface area contributed by atoms with Crippen molar-refractivity contribution in [2.75, 3.05) is 5.32 Å². The summed E-state index contributed by atoms with van der Waals surface area (Å²) in [4.78, 5) is 0. The van der Waals surface area contributed by atoms with Crippen LogP contribution in [0.1, 0.15) is 11.1 Å². The van der Waals surface area contributed by atoms with Gasteiger partial charge in [-0.25, -0.2) is 0 Å². The number of alkyl halides is 3. The van der Waals surface area contributed by atoms with Gasteiger partial charge >= 0.3 is 6.18 Å². The largest absolute Gasteiger partial charge is 0.418 e.